The molecule has 4 aromatic rings. The van der Waals surface area contributed by atoms with Gasteiger partial charge in [0.1, 0.15) is 17.5 Å². The van der Waals surface area contributed by atoms with E-state index in [1.54, 1.807) is 0 Å². The molecule has 6 rings (SSSR count). The average molecular weight is 525 g/mol. The first kappa shape index (κ1) is 24.3. The van der Waals surface area contributed by atoms with E-state index in [-0.39, 0.29) is 5.82 Å². The van der Waals surface area contributed by atoms with Crippen molar-refractivity contribution in [1.82, 2.24) is 15.3 Å². The molecule has 8 heteroatoms. The number of rotatable bonds is 7. The van der Waals surface area contributed by atoms with Crippen molar-refractivity contribution in [2.24, 2.45) is 0 Å². The highest BCUT2D eigenvalue weighted by molar-refractivity contribution is 7.80. The quantitative estimate of drug-likeness (QED) is 0.242. The molecule has 2 aliphatic rings. The van der Waals surface area contributed by atoms with Crippen molar-refractivity contribution in [2.45, 2.75) is 39.0 Å². The molecule has 0 unspecified atom stereocenters. The minimum absolute atomic E-state index is 0.213. The number of halogens is 1. The molecular formula is C30H29FN6S. The summed E-state index contributed by atoms with van der Waals surface area (Å²) in [6.45, 7) is 3.96. The highest BCUT2D eigenvalue weighted by atomic mass is 32.1. The van der Waals surface area contributed by atoms with Crippen LogP contribution in [0.25, 0.3) is 0 Å². The molecule has 192 valence electrons. The van der Waals surface area contributed by atoms with Gasteiger partial charge in [0.15, 0.2) is 5.11 Å². The minimum Gasteiger partial charge on any atom is -0.362 e. The Bertz CT molecular complexity index is 1330. The van der Waals surface area contributed by atoms with Gasteiger partial charge in [-0.25, -0.2) is 4.39 Å². The highest BCUT2D eigenvalue weighted by Crippen LogP contribution is 2.32. The van der Waals surface area contributed by atoms with Crippen LogP contribution in [-0.4, -0.2) is 21.6 Å². The predicted octanol–water partition coefficient (Wildman–Crippen LogP) is 5.58. The molecule has 0 aliphatic carbocycles. The number of hydrogen-bond acceptors (Lipinski definition) is 5. The molecule has 3 aromatic carbocycles. The van der Waals surface area contributed by atoms with Crippen LogP contribution in [0.5, 0.6) is 0 Å². The first-order valence-corrected chi connectivity index (χ1v) is 13.3. The second-order valence-corrected chi connectivity index (χ2v) is 10.2. The Morgan fingerprint density at radius 1 is 0.763 bits per heavy atom. The van der Waals surface area contributed by atoms with Crippen LogP contribution >= 0.6 is 12.2 Å². The van der Waals surface area contributed by atoms with E-state index in [1.165, 1.54) is 34.4 Å². The highest BCUT2D eigenvalue weighted by Gasteiger charge is 2.25. The summed E-state index contributed by atoms with van der Waals surface area (Å²) in [5.74, 6) is 2.03. The maximum absolute atomic E-state index is 13.1. The SMILES string of the molecule is Fc1ccc(CCCNC(=S)Nc2nc(N3Cc4ccccc4C3)cc(N3Cc4ccccc4C3)n2)cc1. The van der Waals surface area contributed by atoms with Crippen LogP contribution < -0.4 is 20.4 Å². The number of nitrogens with zero attached hydrogens (tertiary/aromatic N) is 4. The van der Waals surface area contributed by atoms with Gasteiger partial charge < -0.3 is 20.4 Å². The fourth-order valence-electron chi connectivity index (χ4n) is 5.08. The summed E-state index contributed by atoms with van der Waals surface area (Å²) in [6, 6.07) is 25.8. The van der Waals surface area contributed by atoms with Crippen LogP contribution in [0, 0.1) is 5.82 Å². The van der Waals surface area contributed by atoms with Gasteiger partial charge in [-0.1, -0.05) is 60.7 Å². The van der Waals surface area contributed by atoms with E-state index in [4.69, 9.17) is 22.2 Å². The molecule has 0 radical (unpaired) electrons. The van der Waals surface area contributed by atoms with E-state index in [0.717, 1.165) is 56.2 Å². The number of thiocarbonyl (C=S) groups is 1. The fourth-order valence-corrected chi connectivity index (χ4v) is 5.28. The number of aromatic nitrogens is 2. The van der Waals surface area contributed by atoms with Crippen molar-refractivity contribution in [2.75, 3.05) is 21.7 Å². The van der Waals surface area contributed by atoms with Gasteiger partial charge in [-0.05, 0) is 65.0 Å². The van der Waals surface area contributed by atoms with Crippen LogP contribution in [-0.2, 0) is 32.6 Å². The van der Waals surface area contributed by atoms with Gasteiger partial charge in [-0.2, -0.15) is 9.97 Å². The second kappa shape index (κ2) is 10.8. The van der Waals surface area contributed by atoms with E-state index in [0.29, 0.717) is 17.6 Å². The molecule has 0 bridgehead atoms. The number of nitrogens with one attached hydrogen (secondary N) is 2. The van der Waals surface area contributed by atoms with Crippen molar-refractivity contribution in [3.05, 3.63) is 112 Å². The summed E-state index contributed by atoms with van der Waals surface area (Å²) in [5, 5.41) is 6.96. The van der Waals surface area contributed by atoms with E-state index in [9.17, 15) is 4.39 Å². The van der Waals surface area contributed by atoms with Crippen LogP contribution in [0.3, 0.4) is 0 Å². The lowest BCUT2D eigenvalue weighted by atomic mass is 10.1. The van der Waals surface area contributed by atoms with Crippen molar-refractivity contribution >= 4 is 34.9 Å². The van der Waals surface area contributed by atoms with Crippen molar-refractivity contribution in [3.63, 3.8) is 0 Å². The van der Waals surface area contributed by atoms with Crippen LogP contribution in [0.4, 0.5) is 22.0 Å². The van der Waals surface area contributed by atoms with Crippen LogP contribution in [0.15, 0.2) is 78.9 Å². The van der Waals surface area contributed by atoms with Gasteiger partial charge in [0.2, 0.25) is 5.95 Å². The predicted molar refractivity (Wildman–Crippen MR) is 154 cm³/mol. The smallest absolute Gasteiger partial charge is 0.232 e. The average Bonchev–Trinajstić information content (AvgIpc) is 3.57. The van der Waals surface area contributed by atoms with Gasteiger partial charge in [0.25, 0.3) is 0 Å². The maximum Gasteiger partial charge on any atom is 0.232 e. The fraction of sp³-hybridized carbons (Fsp3) is 0.233. The Kier molecular flexibility index (Phi) is 6.88. The summed E-state index contributed by atoms with van der Waals surface area (Å²) in [4.78, 5) is 14.3. The third-order valence-electron chi connectivity index (χ3n) is 7.10. The van der Waals surface area contributed by atoms with E-state index in [1.807, 2.05) is 12.1 Å². The number of benzene rings is 3. The first-order chi connectivity index (χ1) is 18.6. The Morgan fingerprint density at radius 3 is 1.76 bits per heavy atom. The molecular weight excluding hydrogens is 495 g/mol. The number of anilines is 3. The van der Waals surface area contributed by atoms with Crippen molar-refractivity contribution in [1.29, 1.82) is 0 Å². The molecule has 0 atom stereocenters. The molecule has 0 spiro atoms. The molecule has 0 fully saturated rings. The Labute approximate surface area is 227 Å². The summed E-state index contributed by atoms with van der Waals surface area (Å²) in [6.07, 6.45) is 1.72. The van der Waals surface area contributed by atoms with Crippen molar-refractivity contribution in [3.8, 4) is 0 Å². The zero-order chi connectivity index (χ0) is 25.9. The lowest BCUT2D eigenvalue weighted by Crippen LogP contribution is -2.31. The van der Waals surface area contributed by atoms with Gasteiger partial charge in [-0.3, -0.25) is 0 Å². The van der Waals surface area contributed by atoms with Crippen LogP contribution in [0.2, 0.25) is 0 Å². The second-order valence-electron chi connectivity index (χ2n) is 9.77. The Hall–Kier alpha value is -4.04. The molecule has 0 saturated heterocycles. The standard InChI is InChI=1S/C30H29FN6S/c31-26-13-11-21(12-14-26)6-5-15-32-30(38)35-29-33-27(36-17-22-7-1-2-8-23(22)18-36)16-28(34-29)37-19-24-9-3-4-10-25(24)20-37/h1-4,7-14,16H,5-6,15,17-20H2,(H2,32,33,34,35,38). The zero-order valence-electron chi connectivity index (χ0n) is 21.0. The van der Waals surface area contributed by atoms with Crippen molar-refractivity contribution < 1.29 is 4.39 Å². The molecule has 1 aromatic heterocycles. The third-order valence-corrected chi connectivity index (χ3v) is 7.34. The van der Waals surface area contributed by atoms with Gasteiger partial charge in [-0.15, -0.1) is 0 Å². The Morgan fingerprint density at radius 2 is 1.26 bits per heavy atom. The molecule has 2 N–H and O–H groups in total. The molecule has 0 amide bonds. The maximum atomic E-state index is 13.1. The molecule has 3 heterocycles. The molecule has 6 nitrogen and oxygen atoms in total. The molecule has 0 saturated carbocycles. The topological polar surface area (TPSA) is 56.3 Å². The number of aryl methyl sites for hydroxylation is 1. The summed E-state index contributed by atoms with van der Waals surface area (Å²) in [5.41, 5.74) is 6.41. The van der Waals surface area contributed by atoms with E-state index in [2.05, 4.69) is 75.0 Å². The minimum atomic E-state index is -0.213. The summed E-state index contributed by atoms with van der Waals surface area (Å²) >= 11 is 5.57. The lowest BCUT2D eigenvalue weighted by Gasteiger charge is -2.22. The monoisotopic (exact) mass is 524 g/mol. The normalized spacial score (nSPS) is 13.8. The van der Waals surface area contributed by atoms with E-state index >= 15 is 0 Å². The largest absolute Gasteiger partial charge is 0.362 e. The van der Waals surface area contributed by atoms with Gasteiger partial charge >= 0.3 is 0 Å². The Balaban J connectivity index is 1.16. The van der Waals surface area contributed by atoms with Gasteiger partial charge in [0, 0.05) is 38.8 Å². The van der Waals surface area contributed by atoms with E-state index < -0.39 is 0 Å². The number of hydrogen-bond donors (Lipinski definition) is 2. The third kappa shape index (κ3) is 5.45. The lowest BCUT2D eigenvalue weighted by molar-refractivity contribution is 0.626. The van der Waals surface area contributed by atoms with Crippen LogP contribution in [0.1, 0.15) is 34.2 Å². The first-order valence-electron chi connectivity index (χ1n) is 12.9. The molecule has 38 heavy (non-hydrogen) atoms. The summed E-state index contributed by atoms with van der Waals surface area (Å²) in [7, 11) is 0. The van der Waals surface area contributed by atoms with Gasteiger partial charge in [0.05, 0.1) is 0 Å². The zero-order valence-corrected chi connectivity index (χ0v) is 21.8. The summed E-state index contributed by atoms with van der Waals surface area (Å²) < 4.78 is 13.1. The number of fused-ring (bicyclic) bond motifs is 2. The molecule has 2 aliphatic heterocycles.